The van der Waals surface area contributed by atoms with Crippen LogP contribution in [-0.2, 0) is 14.6 Å². The molecule has 1 aromatic rings. The van der Waals surface area contributed by atoms with E-state index in [2.05, 4.69) is 0 Å². The molecular weight excluding hydrogens is 340 g/mol. The molecule has 1 aliphatic heterocycles. The Bertz CT molecular complexity index is 740. The molecule has 1 aromatic carbocycles. The Hall–Kier alpha value is -1.89. The van der Waals surface area contributed by atoms with Gasteiger partial charge < -0.3 is 9.80 Å². The standard InChI is InChI=1S/C18H26N2O4S/c1-18(2,3)13-16(21)19-9-11-20(12-10-19)17(22)14-5-7-15(8-6-14)25(4,23)24/h5-8H,9-13H2,1-4H3. The molecule has 7 heteroatoms. The van der Waals surface area contributed by atoms with E-state index in [9.17, 15) is 18.0 Å². The van der Waals surface area contributed by atoms with Gasteiger partial charge in [-0.15, -0.1) is 0 Å². The second-order valence-electron chi connectivity index (χ2n) is 7.71. The maximum Gasteiger partial charge on any atom is 0.253 e. The summed E-state index contributed by atoms with van der Waals surface area (Å²) in [5, 5.41) is 0. The highest BCUT2D eigenvalue weighted by atomic mass is 32.2. The van der Waals surface area contributed by atoms with E-state index in [0.717, 1.165) is 6.26 Å². The monoisotopic (exact) mass is 366 g/mol. The van der Waals surface area contributed by atoms with Crippen LogP contribution in [0.4, 0.5) is 0 Å². The molecule has 0 radical (unpaired) electrons. The summed E-state index contributed by atoms with van der Waals surface area (Å²) < 4.78 is 23.0. The van der Waals surface area contributed by atoms with E-state index in [1.807, 2.05) is 25.7 Å². The Balaban J connectivity index is 1.96. The van der Waals surface area contributed by atoms with Gasteiger partial charge >= 0.3 is 0 Å². The van der Waals surface area contributed by atoms with Crippen LogP contribution in [0.1, 0.15) is 37.6 Å². The summed E-state index contributed by atoms with van der Waals surface area (Å²) in [5.41, 5.74) is 0.410. The summed E-state index contributed by atoms with van der Waals surface area (Å²) in [6, 6.07) is 5.98. The molecule has 0 aromatic heterocycles. The van der Waals surface area contributed by atoms with E-state index in [-0.39, 0.29) is 22.1 Å². The molecular formula is C18H26N2O4S. The Kier molecular flexibility index (Phi) is 5.56. The van der Waals surface area contributed by atoms with E-state index >= 15 is 0 Å². The molecule has 1 aliphatic rings. The number of benzene rings is 1. The van der Waals surface area contributed by atoms with Gasteiger partial charge in [-0.25, -0.2) is 8.42 Å². The lowest BCUT2D eigenvalue weighted by molar-refractivity contribution is -0.134. The lowest BCUT2D eigenvalue weighted by atomic mass is 9.91. The van der Waals surface area contributed by atoms with Gasteiger partial charge in [-0.3, -0.25) is 9.59 Å². The molecule has 0 bridgehead atoms. The average molecular weight is 366 g/mol. The average Bonchev–Trinajstić information content (AvgIpc) is 2.52. The maximum absolute atomic E-state index is 12.5. The van der Waals surface area contributed by atoms with Crippen molar-refractivity contribution in [2.24, 2.45) is 5.41 Å². The minimum absolute atomic E-state index is 0.0502. The Morgan fingerprint density at radius 2 is 1.44 bits per heavy atom. The summed E-state index contributed by atoms with van der Waals surface area (Å²) >= 11 is 0. The number of carbonyl (C=O) groups excluding carboxylic acids is 2. The number of sulfone groups is 1. The SMILES string of the molecule is CC(C)(C)CC(=O)N1CCN(C(=O)c2ccc(S(C)(=O)=O)cc2)CC1. The lowest BCUT2D eigenvalue weighted by Crippen LogP contribution is -2.51. The Morgan fingerprint density at radius 3 is 1.88 bits per heavy atom. The topological polar surface area (TPSA) is 74.8 Å². The van der Waals surface area contributed by atoms with Crippen molar-refractivity contribution in [2.45, 2.75) is 32.1 Å². The third-order valence-electron chi connectivity index (χ3n) is 4.13. The molecule has 138 valence electrons. The zero-order valence-corrected chi connectivity index (χ0v) is 16.1. The van der Waals surface area contributed by atoms with Gasteiger partial charge in [0.25, 0.3) is 5.91 Å². The molecule has 2 rings (SSSR count). The van der Waals surface area contributed by atoms with Gasteiger partial charge in [-0.05, 0) is 29.7 Å². The maximum atomic E-state index is 12.5. The number of amides is 2. The van der Waals surface area contributed by atoms with Crippen molar-refractivity contribution in [3.8, 4) is 0 Å². The van der Waals surface area contributed by atoms with Gasteiger partial charge in [0, 0.05) is 44.4 Å². The molecule has 6 nitrogen and oxygen atoms in total. The van der Waals surface area contributed by atoms with Crippen LogP contribution in [-0.4, -0.2) is 62.5 Å². The highest BCUT2D eigenvalue weighted by molar-refractivity contribution is 7.90. The van der Waals surface area contributed by atoms with Gasteiger partial charge in [0.15, 0.2) is 9.84 Å². The van der Waals surface area contributed by atoms with Gasteiger partial charge in [0.2, 0.25) is 5.91 Å². The van der Waals surface area contributed by atoms with Crippen molar-refractivity contribution in [2.75, 3.05) is 32.4 Å². The number of hydrogen-bond acceptors (Lipinski definition) is 4. The lowest BCUT2D eigenvalue weighted by Gasteiger charge is -2.36. The number of rotatable bonds is 3. The van der Waals surface area contributed by atoms with Crippen LogP contribution in [0.2, 0.25) is 0 Å². The van der Waals surface area contributed by atoms with Crippen LogP contribution < -0.4 is 0 Å². The normalized spacial score (nSPS) is 16.0. The number of nitrogens with zero attached hydrogens (tertiary/aromatic N) is 2. The largest absolute Gasteiger partial charge is 0.339 e. The summed E-state index contributed by atoms with van der Waals surface area (Å²) in [6.45, 7) is 8.13. The van der Waals surface area contributed by atoms with Crippen molar-refractivity contribution < 1.29 is 18.0 Å². The van der Waals surface area contributed by atoms with Crippen molar-refractivity contribution in [1.29, 1.82) is 0 Å². The summed E-state index contributed by atoms with van der Waals surface area (Å²) in [5.74, 6) is -0.0138. The predicted molar refractivity (Wildman–Crippen MR) is 96.1 cm³/mol. The van der Waals surface area contributed by atoms with Gasteiger partial charge in [0.05, 0.1) is 4.90 Å². The first-order valence-electron chi connectivity index (χ1n) is 8.34. The zero-order valence-electron chi connectivity index (χ0n) is 15.3. The predicted octanol–water partition coefficient (Wildman–Crippen LogP) is 1.81. The second kappa shape index (κ2) is 7.15. The third-order valence-corrected chi connectivity index (χ3v) is 5.26. The molecule has 0 saturated carbocycles. The first-order chi connectivity index (χ1) is 11.5. The van der Waals surface area contributed by atoms with Gasteiger partial charge in [-0.2, -0.15) is 0 Å². The quantitative estimate of drug-likeness (QED) is 0.818. The molecule has 0 N–H and O–H groups in total. The van der Waals surface area contributed by atoms with Crippen LogP contribution in [0.5, 0.6) is 0 Å². The molecule has 1 fully saturated rings. The van der Waals surface area contributed by atoms with Crippen LogP contribution in [0.15, 0.2) is 29.2 Å². The minimum Gasteiger partial charge on any atom is -0.339 e. The molecule has 0 aliphatic carbocycles. The second-order valence-corrected chi connectivity index (χ2v) is 9.72. The number of piperazine rings is 1. The Morgan fingerprint density at radius 1 is 0.960 bits per heavy atom. The zero-order chi connectivity index (χ0) is 18.8. The van der Waals surface area contributed by atoms with E-state index in [0.29, 0.717) is 38.2 Å². The molecule has 2 amide bonds. The highest BCUT2D eigenvalue weighted by Crippen LogP contribution is 2.21. The van der Waals surface area contributed by atoms with Crippen LogP contribution in [0.25, 0.3) is 0 Å². The minimum atomic E-state index is -3.27. The van der Waals surface area contributed by atoms with Gasteiger partial charge in [-0.1, -0.05) is 20.8 Å². The fourth-order valence-electron chi connectivity index (χ4n) is 2.75. The summed E-state index contributed by atoms with van der Waals surface area (Å²) in [4.78, 5) is 28.5. The van der Waals surface area contributed by atoms with Crippen LogP contribution >= 0.6 is 0 Å². The summed E-state index contributed by atoms with van der Waals surface area (Å²) in [6.07, 6.45) is 1.63. The smallest absolute Gasteiger partial charge is 0.253 e. The summed E-state index contributed by atoms with van der Waals surface area (Å²) in [7, 11) is -3.27. The van der Waals surface area contributed by atoms with Gasteiger partial charge in [0.1, 0.15) is 0 Å². The van der Waals surface area contributed by atoms with E-state index in [1.54, 1.807) is 4.90 Å². The van der Waals surface area contributed by atoms with Crippen molar-refractivity contribution >= 4 is 21.7 Å². The number of carbonyl (C=O) groups is 2. The fourth-order valence-corrected chi connectivity index (χ4v) is 3.38. The molecule has 0 unspecified atom stereocenters. The molecule has 1 saturated heterocycles. The van der Waals surface area contributed by atoms with Crippen molar-refractivity contribution in [1.82, 2.24) is 9.80 Å². The first kappa shape index (κ1) is 19.4. The highest BCUT2D eigenvalue weighted by Gasteiger charge is 2.27. The van der Waals surface area contributed by atoms with E-state index < -0.39 is 9.84 Å². The molecule has 1 heterocycles. The third kappa shape index (κ3) is 5.29. The molecule has 0 atom stereocenters. The fraction of sp³-hybridized carbons (Fsp3) is 0.556. The van der Waals surface area contributed by atoms with Crippen molar-refractivity contribution in [3.05, 3.63) is 29.8 Å². The van der Waals surface area contributed by atoms with E-state index in [1.165, 1.54) is 24.3 Å². The van der Waals surface area contributed by atoms with Crippen LogP contribution in [0.3, 0.4) is 0 Å². The van der Waals surface area contributed by atoms with Crippen LogP contribution in [0, 0.1) is 5.41 Å². The van der Waals surface area contributed by atoms with E-state index in [4.69, 9.17) is 0 Å². The first-order valence-corrected chi connectivity index (χ1v) is 10.2. The van der Waals surface area contributed by atoms with Crippen molar-refractivity contribution in [3.63, 3.8) is 0 Å². The number of hydrogen-bond donors (Lipinski definition) is 0. The molecule has 0 spiro atoms. The Labute approximate surface area is 149 Å². The molecule has 25 heavy (non-hydrogen) atoms.